The number of carbonyl (C=O) groups is 1. The standard InChI is InChI=1S/C23H29BrN2O3S/c1-16(2)21-9-4-6-17(3)22(21)25-23(27)19-10-12-26(13-11-19)30(28,29)15-18-7-5-8-20(24)14-18/h4-9,14,16,19H,10-13,15H2,1-3H3,(H,25,27). The molecule has 1 fully saturated rings. The molecule has 1 aliphatic rings. The van der Waals surface area contributed by atoms with Gasteiger partial charge in [0, 0.05) is 29.2 Å². The van der Waals surface area contributed by atoms with Gasteiger partial charge in [-0.2, -0.15) is 0 Å². The number of nitrogens with one attached hydrogen (secondary N) is 1. The maximum Gasteiger partial charge on any atom is 0.227 e. The predicted octanol–water partition coefficient (Wildman–Crippen LogP) is 5.06. The molecule has 7 heteroatoms. The van der Waals surface area contributed by atoms with E-state index in [9.17, 15) is 13.2 Å². The molecule has 3 rings (SSSR count). The van der Waals surface area contributed by atoms with Gasteiger partial charge in [0.2, 0.25) is 15.9 Å². The summed E-state index contributed by atoms with van der Waals surface area (Å²) in [5, 5.41) is 3.12. The van der Waals surface area contributed by atoms with Crippen LogP contribution in [0.1, 0.15) is 49.3 Å². The van der Waals surface area contributed by atoms with Crippen molar-refractivity contribution in [3.8, 4) is 0 Å². The van der Waals surface area contributed by atoms with E-state index in [1.807, 2.05) is 49.4 Å². The largest absolute Gasteiger partial charge is 0.325 e. The topological polar surface area (TPSA) is 66.5 Å². The predicted molar refractivity (Wildman–Crippen MR) is 125 cm³/mol. The van der Waals surface area contributed by atoms with Gasteiger partial charge in [0.15, 0.2) is 0 Å². The van der Waals surface area contributed by atoms with Gasteiger partial charge in [-0.15, -0.1) is 0 Å². The van der Waals surface area contributed by atoms with Gasteiger partial charge >= 0.3 is 0 Å². The van der Waals surface area contributed by atoms with Crippen molar-refractivity contribution in [1.82, 2.24) is 4.31 Å². The van der Waals surface area contributed by atoms with Gasteiger partial charge in [-0.25, -0.2) is 12.7 Å². The number of anilines is 1. The summed E-state index contributed by atoms with van der Waals surface area (Å²) < 4.78 is 28.0. The van der Waals surface area contributed by atoms with E-state index in [0.29, 0.717) is 31.8 Å². The number of sulfonamides is 1. The van der Waals surface area contributed by atoms with Gasteiger partial charge in [0.25, 0.3) is 0 Å². The maximum atomic E-state index is 12.9. The first-order valence-electron chi connectivity index (χ1n) is 10.3. The van der Waals surface area contributed by atoms with Gasteiger partial charge in [0.05, 0.1) is 5.75 Å². The van der Waals surface area contributed by atoms with Crippen LogP contribution in [0.2, 0.25) is 0 Å². The number of amides is 1. The summed E-state index contributed by atoms with van der Waals surface area (Å²) in [6, 6.07) is 13.4. The number of hydrogen-bond donors (Lipinski definition) is 1. The molecule has 0 aromatic heterocycles. The number of aryl methyl sites for hydroxylation is 1. The third-order valence-corrected chi connectivity index (χ3v) is 7.97. The van der Waals surface area contributed by atoms with E-state index in [4.69, 9.17) is 0 Å². The Hall–Kier alpha value is -1.70. The zero-order valence-electron chi connectivity index (χ0n) is 17.7. The summed E-state index contributed by atoms with van der Waals surface area (Å²) in [5.41, 5.74) is 3.81. The van der Waals surface area contributed by atoms with Crippen molar-refractivity contribution < 1.29 is 13.2 Å². The fraction of sp³-hybridized carbons (Fsp3) is 0.435. The molecule has 0 atom stereocenters. The third-order valence-electron chi connectivity index (χ3n) is 5.63. The lowest BCUT2D eigenvalue weighted by atomic mass is 9.95. The number of carbonyl (C=O) groups excluding carboxylic acids is 1. The summed E-state index contributed by atoms with van der Waals surface area (Å²) in [6.07, 6.45) is 1.07. The van der Waals surface area contributed by atoms with Crippen LogP contribution in [0, 0.1) is 12.8 Å². The van der Waals surface area contributed by atoms with Crippen LogP contribution in [0.25, 0.3) is 0 Å². The lowest BCUT2D eigenvalue weighted by Crippen LogP contribution is -2.42. The number of nitrogens with zero attached hydrogens (tertiary/aromatic N) is 1. The van der Waals surface area contributed by atoms with Crippen molar-refractivity contribution >= 4 is 37.5 Å². The fourth-order valence-corrected chi connectivity index (χ4v) is 5.89. The molecule has 0 bridgehead atoms. The molecular weight excluding hydrogens is 464 g/mol. The van der Waals surface area contributed by atoms with Crippen LogP contribution in [0.3, 0.4) is 0 Å². The molecule has 0 radical (unpaired) electrons. The number of para-hydroxylation sites is 1. The van der Waals surface area contributed by atoms with Crippen LogP contribution in [0.5, 0.6) is 0 Å². The highest BCUT2D eigenvalue weighted by Gasteiger charge is 2.31. The van der Waals surface area contributed by atoms with E-state index in [1.165, 1.54) is 4.31 Å². The number of hydrogen-bond acceptors (Lipinski definition) is 3. The first-order valence-corrected chi connectivity index (χ1v) is 12.7. The molecule has 30 heavy (non-hydrogen) atoms. The molecule has 0 saturated carbocycles. The Morgan fingerprint density at radius 1 is 1.17 bits per heavy atom. The molecule has 0 unspecified atom stereocenters. The summed E-state index contributed by atoms with van der Waals surface area (Å²) in [7, 11) is -3.41. The summed E-state index contributed by atoms with van der Waals surface area (Å²) in [5.74, 6) is 0.0898. The fourth-order valence-electron chi connectivity index (χ4n) is 3.89. The maximum absolute atomic E-state index is 12.9. The molecule has 162 valence electrons. The summed E-state index contributed by atoms with van der Waals surface area (Å²) in [4.78, 5) is 12.9. The Balaban J connectivity index is 1.62. The minimum Gasteiger partial charge on any atom is -0.325 e. The minimum atomic E-state index is -3.41. The average molecular weight is 493 g/mol. The van der Waals surface area contributed by atoms with Crippen molar-refractivity contribution in [1.29, 1.82) is 0 Å². The summed E-state index contributed by atoms with van der Waals surface area (Å²) in [6.45, 7) is 6.97. The zero-order chi connectivity index (χ0) is 21.9. The Kier molecular flexibility index (Phi) is 7.37. The first-order chi connectivity index (χ1) is 14.2. The molecule has 1 N–H and O–H groups in total. The van der Waals surface area contributed by atoms with Gasteiger partial charge in [-0.3, -0.25) is 4.79 Å². The third kappa shape index (κ3) is 5.50. The zero-order valence-corrected chi connectivity index (χ0v) is 20.1. The second-order valence-corrected chi connectivity index (χ2v) is 11.1. The monoisotopic (exact) mass is 492 g/mol. The quantitative estimate of drug-likeness (QED) is 0.612. The highest BCUT2D eigenvalue weighted by molar-refractivity contribution is 9.10. The first kappa shape index (κ1) is 23.0. The van der Waals surface area contributed by atoms with E-state index in [2.05, 4.69) is 35.1 Å². The van der Waals surface area contributed by atoms with Crippen molar-refractivity contribution in [2.75, 3.05) is 18.4 Å². The van der Waals surface area contributed by atoms with Crippen molar-refractivity contribution in [2.24, 2.45) is 5.92 Å². The van der Waals surface area contributed by atoms with E-state index in [0.717, 1.165) is 26.9 Å². The summed E-state index contributed by atoms with van der Waals surface area (Å²) >= 11 is 3.38. The number of benzene rings is 2. The Morgan fingerprint density at radius 3 is 2.47 bits per heavy atom. The van der Waals surface area contributed by atoms with Crippen molar-refractivity contribution in [3.63, 3.8) is 0 Å². The van der Waals surface area contributed by atoms with Crippen LogP contribution >= 0.6 is 15.9 Å². The minimum absolute atomic E-state index is 0.0183. The van der Waals surface area contributed by atoms with Crippen LogP contribution in [-0.4, -0.2) is 31.7 Å². The van der Waals surface area contributed by atoms with E-state index >= 15 is 0 Å². The van der Waals surface area contributed by atoms with Crippen LogP contribution < -0.4 is 5.32 Å². The second-order valence-electron chi connectivity index (χ2n) is 8.24. The second kappa shape index (κ2) is 9.62. The molecule has 0 aliphatic carbocycles. The molecule has 1 amide bonds. The highest BCUT2D eigenvalue weighted by Crippen LogP contribution is 2.29. The van der Waals surface area contributed by atoms with Gasteiger partial charge in [0.1, 0.15) is 0 Å². The smallest absolute Gasteiger partial charge is 0.227 e. The molecule has 0 spiro atoms. The van der Waals surface area contributed by atoms with Crippen molar-refractivity contribution in [2.45, 2.75) is 45.3 Å². The van der Waals surface area contributed by atoms with E-state index < -0.39 is 10.0 Å². The Labute approximate surface area is 188 Å². The van der Waals surface area contributed by atoms with Gasteiger partial charge in [-0.1, -0.05) is 60.1 Å². The lowest BCUT2D eigenvalue weighted by Gasteiger charge is -2.31. The number of halogens is 1. The van der Waals surface area contributed by atoms with E-state index in [1.54, 1.807) is 0 Å². The highest BCUT2D eigenvalue weighted by atomic mass is 79.9. The SMILES string of the molecule is Cc1cccc(C(C)C)c1NC(=O)C1CCN(S(=O)(=O)Cc2cccc(Br)c2)CC1. The molecule has 1 saturated heterocycles. The van der Waals surface area contributed by atoms with E-state index in [-0.39, 0.29) is 17.6 Å². The lowest BCUT2D eigenvalue weighted by molar-refractivity contribution is -0.120. The Morgan fingerprint density at radius 2 is 1.83 bits per heavy atom. The number of rotatable bonds is 6. The van der Waals surface area contributed by atoms with Crippen LogP contribution in [0.15, 0.2) is 46.9 Å². The number of piperidine rings is 1. The molecule has 1 aliphatic heterocycles. The molecule has 5 nitrogen and oxygen atoms in total. The van der Waals surface area contributed by atoms with Gasteiger partial charge in [-0.05, 0) is 54.5 Å². The normalized spacial score (nSPS) is 16.0. The molecule has 1 heterocycles. The average Bonchev–Trinajstić information content (AvgIpc) is 2.69. The molecule has 2 aromatic rings. The Bertz CT molecular complexity index is 1010. The van der Waals surface area contributed by atoms with Crippen LogP contribution in [0.4, 0.5) is 5.69 Å². The molecular formula is C23H29BrN2O3S. The van der Waals surface area contributed by atoms with Gasteiger partial charge < -0.3 is 5.32 Å². The molecule has 2 aromatic carbocycles. The van der Waals surface area contributed by atoms with Crippen molar-refractivity contribution in [3.05, 3.63) is 63.6 Å². The van der Waals surface area contributed by atoms with Crippen LogP contribution in [-0.2, 0) is 20.6 Å².